The first-order valence-electron chi connectivity index (χ1n) is 9.28. The molecule has 3 aromatic carbocycles. The van der Waals surface area contributed by atoms with Gasteiger partial charge in [-0.1, -0.05) is 54.7 Å². The van der Waals surface area contributed by atoms with E-state index in [1.54, 1.807) is 0 Å². The Kier molecular flexibility index (Phi) is 9.42. The summed E-state index contributed by atoms with van der Waals surface area (Å²) in [5.41, 5.74) is 5.51. The van der Waals surface area contributed by atoms with Gasteiger partial charge >= 0.3 is 0 Å². The minimum atomic E-state index is -0.377. The van der Waals surface area contributed by atoms with E-state index >= 15 is 0 Å². The number of fused-ring (bicyclic) bond motifs is 3. The van der Waals surface area contributed by atoms with Crippen molar-refractivity contribution in [1.82, 2.24) is 0 Å². The van der Waals surface area contributed by atoms with Gasteiger partial charge in [0.25, 0.3) is 0 Å². The summed E-state index contributed by atoms with van der Waals surface area (Å²) in [5.74, 6) is 0. The van der Waals surface area contributed by atoms with Crippen LogP contribution < -0.4 is 0 Å². The number of rotatable bonds is 0. The van der Waals surface area contributed by atoms with E-state index in [-0.39, 0.29) is 30.2 Å². The third kappa shape index (κ3) is 6.97. The van der Waals surface area contributed by atoms with Crippen LogP contribution in [0.5, 0.6) is 0 Å². The van der Waals surface area contributed by atoms with Gasteiger partial charge in [0, 0.05) is 25.8 Å². The van der Waals surface area contributed by atoms with Gasteiger partial charge in [0.15, 0.2) is 0 Å². The minimum Gasteiger partial charge on any atom is -0.214 e. The predicted molar refractivity (Wildman–Crippen MR) is 113 cm³/mol. The van der Waals surface area contributed by atoms with Gasteiger partial charge in [-0.15, -0.1) is 28.8 Å². The fourth-order valence-electron chi connectivity index (χ4n) is 3.39. The molecule has 0 radical (unpaired) electrons. The molecule has 0 aromatic heterocycles. The van der Waals surface area contributed by atoms with Crippen molar-refractivity contribution in [3.63, 3.8) is 0 Å². The van der Waals surface area contributed by atoms with E-state index in [9.17, 15) is 0 Å². The summed E-state index contributed by atoms with van der Waals surface area (Å²) >= 11 is 11.7. The first kappa shape index (κ1) is 22.5. The van der Waals surface area contributed by atoms with Crippen molar-refractivity contribution in [2.75, 3.05) is 0 Å². The van der Waals surface area contributed by atoms with Gasteiger partial charge in [-0.3, -0.25) is 0 Å². The van der Waals surface area contributed by atoms with Crippen molar-refractivity contribution in [2.45, 2.75) is 42.9 Å². The molecule has 3 aromatic rings. The Bertz CT molecular complexity index is 725. The molecule has 0 spiro atoms. The quantitative estimate of drug-likeness (QED) is 0.118. The molecule has 0 atom stereocenters. The number of hydrogen-bond donors (Lipinski definition) is 0. The average molecular weight is 562 g/mol. The number of alkyl halides is 2. The van der Waals surface area contributed by atoms with Crippen LogP contribution >= 0.6 is 23.2 Å². The third-order valence-electron chi connectivity index (χ3n) is 4.76. The van der Waals surface area contributed by atoms with Crippen molar-refractivity contribution in [3.05, 3.63) is 90.0 Å². The molecular formula is C24H24Cl2Hf-2. The van der Waals surface area contributed by atoms with E-state index < -0.39 is 0 Å². The molecule has 0 N–H and O–H groups in total. The molecule has 0 amide bonds. The predicted octanol–water partition coefficient (Wildman–Crippen LogP) is 7.59. The molecule has 0 bridgehead atoms. The van der Waals surface area contributed by atoms with E-state index in [1.807, 2.05) is 36.4 Å². The molecule has 2 aliphatic carbocycles. The van der Waals surface area contributed by atoms with E-state index in [0.29, 0.717) is 0 Å². The fourth-order valence-corrected chi connectivity index (χ4v) is 3.92. The zero-order valence-electron chi connectivity index (χ0n) is 15.4. The second-order valence-electron chi connectivity index (χ2n) is 6.78. The molecule has 0 heterocycles. The van der Waals surface area contributed by atoms with E-state index in [1.165, 1.54) is 41.5 Å². The topological polar surface area (TPSA) is 0 Å². The summed E-state index contributed by atoms with van der Waals surface area (Å²) < 4.78 is -0.377. The summed E-state index contributed by atoms with van der Waals surface area (Å²) in [6, 6.07) is 28.1. The largest absolute Gasteiger partial charge is 0.214 e. The van der Waals surface area contributed by atoms with Crippen LogP contribution in [0, 0.1) is 6.07 Å². The van der Waals surface area contributed by atoms with Crippen molar-refractivity contribution in [1.29, 1.82) is 0 Å². The third-order valence-corrected chi connectivity index (χ3v) is 5.51. The Morgan fingerprint density at radius 1 is 0.815 bits per heavy atom. The zero-order chi connectivity index (χ0) is 18.2. The van der Waals surface area contributed by atoms with Crippen LogP contribution in [0.25, 0.3) is 11.1 Å². The van der Waals surface area contributed by atoms with Gasteiger partial charge < -0.3 is 0 Å². The molecule has 0 nitrogen and oxygen atoms in total. The van der Waals surface area contributed by atoms with Gasteiger partial charge in [0.05, 0.1) is 0 Å². The molecule has 1 saturated carbocycles. The van der Waals surface area contributed by atoms with Gasteiger partial charge in [0.1, 0.15) is 4.33 Å². The van der Waals surface area contributed by atoms with Crippen LogP contribution in [0.2, 0.25) is 0 Å². The Morgan fingerprint density at radius 3 is 2.07 bits per heavy atom. The minimum absolute atomic E-state index is 0. The van der Waals surface area contributed by atoms with Crippen LogP contribution in [0.15, 0.2) is 72.8 Å². The number of halogens is 2. The summed E-state index contributed by atoms with van der Waals surface area (Å²) in [6.45, 7) is 0. The van der Waals surface area contributed by atoms with Crippen molar-refractivity contribution in [3.8, 4) is 11.1 Å². The zero-order valence-corrected chi connectivity index (χ0v) is 20.5. The maximum absolute atomic E-state index is 5.84. The van der Waals surface area contributed by atoms with E-state index in [4.69, 9.17) is 23.2 Å². The Labute approximate surface area is 192 Å². The molecule has 1 fully saturated rings. The summed E-state index contributed by atoms with van der Waals surface area (Å²) in [4.78, 5) is 0. The Hall–Kier alpha value is -0.760. The van der Waals surface area contributed by atoms with Gasteiger partial charge in [0.2, 0.25) is 0 Å². The smallest absolute Gasteiger partial charge is 0.118 e. The van der Waals surface area contributed by atoms with Gasteiger partial charge in [-0.25, -0.2) is 12.1 Å². The Balaban J connectivity index is 0.000000161. The fraction of sp³-hybridized carbons (Fsp3) is 0.292. The van der Waals surface area contributed by atoms with Crippen LogP contribution in [0.1, 0.15) is 43.2 Å². The average Bonchev–Trinajstić information content (AvgIpc) is 3.33. The van der Waals surface area contributed by atoms with Crippen LogP contribution in [0.4, 0.5) is 0 Å². The van der Waals surface area contributed by atoms with Crippen molar-refractivity contribution < 1.29 is 25.8 Å². The molecule has 0 aliphatic heterocycles. The van der Waals surface area contributed by atoms with Crippen molar-refractivity contribution >= 4 is 23.2 Å². The molecule has 140 valence electrons. The van der Waals surface area contributed by atoms with Crippen molar-refractivity contribution in [2.24, 2.45) is 0 Å². The Morgan fingerprint density at radius 2 is 1.48 bits per heavy atom. The standard InChI is InChI=1S/C13H9.C6H10Cl2.C5H5.Hf/c1-3-7-12-10(5-1)9-11-6-2-4-8-13(11)12;7-6(8)4-2-1-3-5-6;1-2-4-5-3-1;/h1-5,7-8H,9H2;1-5H2;1-5H;/q-1;;-1;. The summed E-state index contributed by atoms with van der Waals surface area (Å²) in [6.07, 6.45) is 6.72. The molecule has 5 rings (SSSR count). The molecule has 2 aliphatic rings. The van der Waals surface area contributed by atoms with Crippen LogP contribution in [-0.2, 0) is 32.3 Å². The first-order valence-corrected chi connectivity index (χ1v) is 10.0. The van der Waals surface area contributed by atoms with Gasteiger partial charge in [-0.2, -0.15) is 48.0 Å². The van der Waals surface area contributed by atoms with E-state index in [2.05, 4.69) is 42.5 Å². The first-order chi connectivity index (χ1) is 12.7. The number of benzene rings is 2. The maximum atomic E-state index is 5.84. The molecular weight excluding hydrogens is 538 g/mol. The normalized spacial score (nSPS) is 15.6. The molecule has 3 heteroatoms. The second kappa shape index (κ2) is 11.3. The summed E-state index contributed by atoms with van der Waals surface area (Å²) in [7, 11) is 0. The second-order valence-corrected chi connectivity index (χ2v) is 8.42. The maximum Gasteiger partial charge on any atom is 0.118 e. The van der Waals surface area contributed by atoms with Crippen LogP contribution in [-0.4, -0.2) is 4.33 Å². The van der Waals surface area contributed by atoms with Crippen LogP contribution in [0.3, 0.4) is 0 Å². The molecule has 0 unspecified atom stereocenters. The van der Waals surface area contributed by atoms with Gasteiger partial charge in [-0.05, 0) is 19.3 Å². The number of hydrogen-bond acceptors (Lipinski definition) is 0. The molecule has 27 heavy (non-hydrogen) atoms. The van der Waals surface area contributed by atoms with E-state index in [0.717, 1.165) is 19.3 Å². The summed E-state index contributed by atoms with van der Waals surface area (Å²) in [5, 5.41) is 0. The monoisotopic (exact) mass is 562 g/mol. The SMILES string of the molecule is ClC1(Cl)CCCCC1.[Hf].[c-]1cccc2c1Cc1ccccc1-2.c1cc[cH-]c1. The molecule has 0 saturated heterocycles.